The van der Waals surface area contributed by atoms with Crippen molar-refractivity contribution >= 4 is 49.4 Å². The largest absolute Gasteiger partial charge is 2.00 e. The number of aryl methyl sites for hydroxylation is 1. The SMILES string of the molecule is Cc1ccccc1-c1cn2c3cccnc3c3ccc(Oc4[c-]c(-n5c6ccccc6c6cccnc65)ccc4)[c-]c3c2n1.[Pt+2]. The summed E-state index contributed by atoms with van der Waals surface area (Å²) < 4.78 is 10.7. The molecule has 5 heterocycles. The van der Waals surface area contributed by atoms with Crippen molar-refractivity contribution in [3.63, 3.8) is 0 Å². The van der Waals surface area contributed by atoms with E-state index >= 15 is 0 Å². The molecule has 0 aliphatic carbocycles. The first-order valence-corrected chi connectivity index (χ1v) is 14.5. The minimum absolute atomic E-state index is 0. The fraction of sp³-hybridized carbons (Fsp3) is 0.0263. The Labute approximate surface area is 272 Å². The maximum absolute atomic E-state index is 6.42. The number of nitrogens with zero attached hydrogens (tertiary/aromatic N) is 5. The normalized spacial score (nSPS) is 11.5. The van der Waals surface area contributed by atoms with Gasteiger partial charge in [-0.05, 0) is 42.8 Å². The predicted molar refractivity (Wildman–Crippen MR) is 174 cm³/mol. The number of ether oxygens (including phenoxy) is 1. The summed E-state index contributed by atoms with van der Waals surface area (Å²) in [5, 5.41) is 4.06. The van der Waals surface area contributed by atoms with Crippen LogP contribution in [0.2, 0.25) is 0 Å². The smallest absolute Gasteiger partial charge is 0.503 e. The van der Waals surface area contributed by atoms with Crippen LogP contribution in [0.25, 0.3) is 66.3 Å². The van der Waals surface area contributed by atoms with E-state index in [1.165, 1.54) is 5.56 Å². The molecule has 45 heavy (non-hydrogen) atoms. The van der Waals surface area contributed by atoms with Gasteiger partial charge in [0.1, 0.15) is 5.65 Å². The molecule has 0 N–H and O–H groups in total. The van der Waals surface area contributed by atoms with Crippen molar-refractivity contribution in [1.29, 1.82) is 0 Å². The second kappa shape index (κ2) is 10.7. The zero-order chi connectivity index (χ0) is 29.2. The summed E-state index contributed by atoms with van der Waals surface area (Å²) in [5.74, 6) is 1.16. The molecule has 0 fully saturated rings. The van der Waals surface area contributed by atoms with Gasteiger partial charge in [0.25, 0.3) is 0 Å². The van der Waals surface area contributed by atoms with E-state index in [9.17, 15) is 0 Å². The minimum Gasteiger partial charge on any atom is -0.503 e. The van der Waals surface area contributed by atoms with Crippen LogP contribution in [-0.2, 0) is 21.1 Å². The molecule has 0 aliphatic heterocycles. The fourth-order valence-electron chi connectivity index (χ4n) is 6.22. The summed E-state index contributed by atoms with van der Waals surface area (Å²) in [6, 6.07) is 41.6. The molecule has 6 nitrogen and oxygen atoms in total. The topological polar surface area (TPSA) is 57.2 Å². The van der Waals surface area contributed by atoms with Gasteiger partial charge in [-0.2, -0.15) is 6.07 Å². The van der Waals surface area contributed by atoms with Crippen LogP contribution >= 0.6 is 0 Å². The quantitative estimate of drug-likeness (QED) is 0.133. The van der Waals surface area contributed by atoms with Gasteiger partial charge in [-0.25, -0.2) is 4.98 Å². The van der Waals surface area contributed by atoms with Crippen LogP contribution in [0.15, 0.2) is 122 Å². The Morgan fingerprint density at radius 1 is 0.644 bits per heavy atom. The molecule has 0 aliphatic rings. The number of aromatic nitrogens is 5. The molecule has 0 radical (unpaired) electrons. The Hall–Kier alpha value is -5.32. The molecule has 4 aromatic carbocycles. The van der Waals surface area contributed by atoms with E-state index in [0.29, 0.717) is 11.5 Å². The van der Waals surface area contributed by atoms with Crippen molar-refractivity contribution in [1.82, 2.24) is 23.9 Å². The van der Waals surface area contributed by atoms with Crippen LogP contribution < -0.4 is 4.74 Å². The third kappa shape index (κ3) is 4.33. The zero-order valence-electron chi connectivity index (χ0n) is 24.0. The van der Waals surface area contributed by atoms with Gasteiger partial charge in [0, 0.05) is 46.4 Å². The van der Waals surface area contributed by atoms with Gasteiger partial charge >= 0.3 is 21.1 Å². The molecule has 7 heteroatoms. The molecule has 216 valence electrons. The molecule has 0 unspecified atom stereocenters. The second-order valence-electron chi connectivity index (χ2n) is 10.8. The molecular formula is C38H23N5OPt. The van der Waals surface area contributed by atoms with Gasteiger partial charge in [0.2, 0.25) is 0 Å². The third-order valence-corrected chi connectivity index (χ3v) is 8.22. The molecule has 0 spiro atoms. The molecule has 0 atom stereocenters. The standard InChI is InChI=1S/C38H23N5O.Pt/c1-24-9-2-3-12-28(24)33-23-42-35-16-8-19-39-36(35)30-18-17-27(22-32(30)38(42)41-33)44-26-11-6-10-25(21-26)43-34-15-5-4-13-29(34)31-14-7-20-40-37(31)43;/h2-20,23H,1H3;/q-2;+2. The van der Waals surface area contributed by atoms with Gasteiger partial charge < -0.3 is 13.7 Å². The van der Waals surface area contributed by atoms with Crippen molar-refractivity contribution in [2.45, 2.75) is 6.92 Å². The van der Waals surface area contributed by atoms with Crippen LogP contribution in [-0.4, -0.2) is 23.9 Å². The minimum atomic E-state index is 0. The number of pyridine rings is 3. The van der Waals surface area contributed by atoms with Crippen molar-refractivity contribution in [3.8, 4) is 28.4 Å². The Morgan fingerprint density at radius 2 is 1.42 bits per heavy atom. The fourth-order valence-corrected chi connectivity index (χ4v) is 6.22. The summed E-state index contributed by atoms with van der Waals surface area (Å²) in [4.78, 5) is 14.6. The Morgan fingerprint density at radius 3 is 2.36 bits per heavy atom. The van der Waals surface area contributed by atoms with Crippen LogP contribution in [0.4, 0.5) is 0 Å². The number of fused-ring (bicyclic) bond motifs is 9. The molecule has 5 aromatic heterocycles. The average Bonchev–Trinajstić information content (AvgIpc) is 3.66. The van der Waals surface area contributed by atoms with E-state index < -0.39 is 0 Å². The summed E-state index contributed by atoms with van der Waals surface area (Å²) in [6.45, 7) is 2.11. The first kappa shape index (κ1) is 27.2. The molecule has 0 amide bonds. The maximum Gasteiger partial charge on any atom is 2.00 e. The van der Waals surface area contributed by atoms with Crippen LogP contribution in [0.3, 0.4) is 0 Å². The van der Waals surface area contributed by atoms with E-state index in [1.807, 2.05) is 73.1 Å². The molecule has 0 saturated heterocycles. The summed E-state index contributed by atoms with van der Waals surface area (Å²) in [6.07, 6.45) is 5.72. The molecular weight excluding hydrogens is 738 g/mol. The van der Waals surface area contributed by atoms with Crippen LogP contribution in [0, 0.1) is 19.1 Å². The summed E-state index contributed by atoms with van der Waals surface area (Å²) in [5.41, 5.74) is 8.65. The number of imidazole rings is 1. The third-order valence-electron chi connectivity index (χ3n) is 8.22. The van der Waals surface area contributed by atoms with Gasteiger partial charge in [0.15, 0.2) is 0 Å². The number of hydrogen-bond donors (Lipinski definition) is 0. The van der Waals surface area contributed by atoms with E-state index in [2.05, 4.69) is 76.7 Å². The van der Waals surface area contributed by atoms with E-state index in [-0.39, 0.29) is 21.1 Å². The van der Waals surface area contributed by atoms with Gasteiger partial charge in [-0.1, -0.05) is 71.1 Å². The number of benzene rings is 4. The molecule has 9 rings (SSSR count). The summed E-state index contributed by atoms with van der Waals surface area (Å²) >= 11 is 0. The van der Waals surface area contributed by atoms with Gasteiger partial charge in [0.05, 0.1) is 27.9 Å². The van der Waals surface area contributed by atoms with Gasteiger partial charge in [-0.15, -0.1) is 24.3 Å². The molecule has 0 bridgehead atoms. The van der Waals surface area contributed by atoms with Crippen LogP contribution in [0.1, 0.15) is 5.56 Å². The zero-order valence-corrected chi connectivity index (χ0v) is 26.3. The first-order valence-electron chi connectivity index (χ1n) is 14.5. The number of rotatable bonds is 4. The molecule has 0 saturated carbocycles. The van der Waals surface area contributed by atoms with Crippen molar-refractivity contribution in [3.05, 3.63) is 139 Å². The summed E-state index contributed by atoms with van der Waals surface area (Å²) in [7, 11) is 0. The Kier molecular flexibility index (Phi) is 6.47. The molecule has 9 aromatic rings. The number of hydrogen-bond acceptors (Lipinski definition) is 4. The monoisotopic (exact) mass is 760 g/mol. The van der Waals surface area contributed by atoms with Crippen molar-refractivity contribution in [2.75, 3.05) is 0 Å². The van der Waals surface area contributed by atoms with Crippen molar-refractivity contribution < 1.29 is 25.8 Å². The average molecular weight is 761 g/mol. The Bertz CT molecular complexity index is 2510. The number of para-hydroxylation sites is 1. The Balaban J connectivity index is 0.00000300. The maximum atomic E-state index is 6.42. The second-order valence-corrected chi connectivity index (χ2v) is 10.8. The van der Waals surface area contributed by atoms with E-state index in [0.717, 1.165) is 66.3 Å². The van der Waals surface area contributed by atoms with E-state index in [1.54, 1.807) is 0 Å². The van der Waals surface area contributed by atoms with E-state index in [4.69, 9.17) is 19.7 Å². The predicted octanol–water partition coefficient (Wildman–Crippen LogP) is 8.89. The van der Waals surface area contributed by atoms with Crippen LogP contribution in [0.5, 0.6) is 11.5 Å². The first-order chi connectivity index (χ1) is 21.7. The van der Waals surface area contributed by atoms with Crippen molar-refractivity contribution in [2.24, 2.45) is 0 Å². The van der Waals surface area contributed by atoms with Gasteiger partial charge in [-0.3, -0.25) is 9.97 Å².